The molecule has 1 amide bonds. The van der Waals surface area contributed by atoms with E-state index in [1.54, 1.807) is 48.0 Å². The number of fused-ring (bicyclic) bond motifs is 1. The summed E-state index contributed by atoms with van der Waals surface area (Å²) >= 11 is 0. The molecule has 4 aromatic rings. The number of pyridine rings is 2. The molecular weight excluding hydrogens is 463 g/mol. The normalized spacial score (nSPS) is 11.2. The lowest BCUT2D eigenvalue weighted by atomic mass is 10.0. The zero-order valence-corrected chi connectivity index (χ0v) is 20.9. The molecule has 0 spiro atoms. The second-order valence-electron chi connectivity index (χ2n) is 8.73. The van der Waals surface area contributed by atoms with Crippen molar-refractivity contribution >= 4 is 11.4 Å². The van der Waals surface area contributed by atoms with Crippen LogP contribution >= 0.6 is 0 Å². The number of methoxy groups -OCH3 is 1. The number of carbonyl (C=O) groups is 1. The van der Waals surface area contributed by atoms with Gasteiger partial charge in [0.15, 0.2) is 11.6 Å². The Kier molecular flexibility index (Phi) is 7.10. The Morgan fingerprint density at radius 2 is 2.00 bits per heavy atom. The number of aromatic nitrogens is 3. The number of aryl methyl sites for hydroxylation is 1. The number of nitrogens with zero attached hydrogens (tertiary/aromatic N) is 2. The van der Waals surface area contributed by atoms with Gasteiger partial charge < -0.3 is 19.8 Å². The number of nitrogens with one attached hydrogen (secondary N) is 2. The van der Waals surface area contributed by atoms with Crippen molar-refractivity contribution in [3.05, 3.63) is 81.5 Å². The lowest BCUT2D eigenvalue weighted by molar-refractivity contribution is 0.0944. The lowest BCUT2D eigenvalue weighted by Crippen LogP contribution is -2.29. The number of imidazole rings is 1. The van der Waals surface area contributed by atoms with Crippen LogP contribution in [0.5, 0.6) is 11.5 Å². The quantitative estimate of drug-likeness (QED) is 0.375. The predicted molar refractivity (Wildman–Crippen MR) is 135 cm³/mol. The van der Waals surface area contributed by atoms with E-state index in [4.69, 9.17) is 9.47 Å². The maximum atomic E-state index is 15.1. The summed E-state index contributed by atoms with van der Waals surface area (Å²) in [5, 5.41) is 2.81. The van der Waals surface area contributed by atoms with Crippen LogP contribution < -0.4 is 20.3 Å². The first-order valence-electron chi connectivity index (χ1n) is 11.7. The summed E-state index contributed by atoms with van der Waals surface area (Å²) in [6, 6.07) is 10.0. The maximum absolute atomic E-state index is 15.1. The molecule has 36 heavy (non-hydrogen) atoms. The predicted octanol–water partition coefficient (Wildman–Crippen LogP) is 4.60. The van der Waals surface area contributed by atoms with E-state index in [1.807, 2.05) is 26.8 Å². The summed E-state index contributed by atoms with van der Waals surface area (Å²) in [5.41, 5.74) is 3.18. The fourth-order valence-corrected chi connectivity index (χ4v) is 4.18. The van der Waals surface area contributed by atoms with Gasteiger partial charge in [0.2, 0.25) is 0 Å². The zero-order chi connectivity index (χ0) is 26.0. The molecule has 0 saturated heterocycles. The number of aromatic amines is 1. The van der Waals surface area contributed by atoms with Gasteiger partial charge in [-0.1, -0.05) is 26.0 Å². The molecule has 0 unspecified atom stereocenters. The summed E-state index contributed by atoms with van der Waals surface area (Å²) in [6.45, 7) is 7.92. The summed E-state index contributed by atoms with van der Waals surface area (Å²) < 4.78 is 27.6. The summed E-state index contributed by atoms with van der Waals surface area (Å²) in [7, 11) is 1.40. The van der Waals surface area contributed by atoms with Crippen LogP contribution in [0.1, 0.15) is 54.1 Å². The third-order valence-electron chi connectivity index (χ3n) is 5.91. The largest absolute Gasteiger partial charge is 0.494 e. The van der Waals surface area contributed by atoms with E-state index in [0.717, 1.165) is 5.69 Å². The Labute approximate surface area is 208 Å². The summed E-state index contributed by atoms with van der Waals surface area (Å²) in [4.78, 5) is 33.2. The van der Waals surface area contributed by atoms with Crippen molar-refractivity contribution in [2.75, 3.05) is 13.7 Å². The molecule has 0 radical (unpaired) electrons. The third-order valence-corrected chi connectivity index (χ3v) is 5.91. The van der Waals surface area contributed by atoms with Gasteiger partial charge >= 0.3 is 0 Å². The molecule has 3 aromatic heterocycles. The average Bonchev–Trinajstić information content (AvgIpc) is 3.27. The van der Waals surface area contributed by atoms with Gasteiger partial charge in [0, 0.05) is 11.3 Å². The van der Waals surface area contributed by atoms with Gasteiger partial charge in [0.05, 0.1) is 37.0 Å². The standard InChI is InChI=1S/C27H29FN4O4/c1-6-36-23-10-16(4)31-26(33)19(23)13-29-27(34)21-12-17(18-8-7-9-22(35-5)24(18)28)11-20-25(15(2)3)30-14-32(20)21/h7-12,14-15H,6,13H2,1-5H3,(H,29,34)(H,31,33). The second-order valence-corrected chi connectivity index (χ2v) is 8.73. The van der Waals surface area contributed by atoms with E-state index in [9.17, 15) is 9.59 Å². The molecule has 1 aromatic carbocycles. The van der Waals surface area contributed by atoms with Crippen LogP contribution in [0.3, 0.4) is 0 Å². The number of hydrogen-bond acceptors (Lipinski definition) is 5. The van der Waals surface area contributed by atoms with Crippen molar-refractivity contribution in [1.29, 1.82) is 0 Å². The van der Waals surface area contributed by atoms with Crippen LogP contribution in [0.2, 0.25) is 0 Å². The highest BCUT2D eigenvalue weighted by Crippen LogP contribution is 2.32. The lowest BCUT2D eigenvalue weighted by Gasteiger charge is -2.14. The minimum absolute atomic E-state index is 0.0469. The molecule has 9 heteroatoms. The molecular formula is C27H29FN4O4. The second kappa shape index (κ2) is 10.2. The van der Waals surface area contributed by atoms with Crippen molar-refractivity contribution in [2.24, 2.45) is 0 Å². The number of carbonyl (C=O) groups excluding carboxylic acids is 1. The summed E-state index contributed by atoms with van der Waals surface area (Å²) in [5.74, 6) is -0.357. The minimum Gasteiger partial charge on any atom is -0.494 e. The Morgan fingerprint density at radius 3 is 2.69 bits per heavy atom. The Bertz CT molecular complexity index is 1490. The fourth-order valence-electron chi connectivity index (χ4n) is 4.18. The van der Waals surface area contributed by atoms with Crippen LogP contribution in [-0.2, 0) is 6.54 Å². The molecule has 3 heterocycles. The van der Waals surface area contributed by atoms with Gasteiger partial charge in [-0.05, 0) is 49.6 Å². The van der Waals surface area contributed by atoms with Crippen molar-refractivity contribution in [3.8, 4) is 22.6 Å². The van der Waals surface area contributed by atoms with Crippen molar-refractivity contribution in [3.63, 3.8) is 0 Å². The summed E-state index contributed by atoms with van der Waals surface area (Å²) in [6.07, 6.45) is 1.58. The highest BCUT2D eigenvalue weighted by atomic mass is 19.1. The van der Waals surface area contributed by atoms with E-state index in [1.165, 1.54) is 7.11 Å². The van der Waals surface area contributed by atoms with Gasteiger partial charge in [-0.25, -0.2) is 9.37 Å². The van der Waals surface area contributed by atoms with Crippen molar-refractivity contribution in [2.45, 2.75) is 40.2 Å². The van der Waals surface area contributed by atoms with E-state index in [0.29, 0.717) is 40.3 Å². The molecule has 0 saturated carbocycles. The third kappa shape index (κ3) is 4.68. The van der Waals surface area contributed by atoms with Crippen LogP contribution in [-0.4, -0.2) is 34.0 Å². The molecule has 188 valence electrons. The zero-order valence-electron chi connectivity index (χ0n) is 20.9. The van der Waals surface area contributed by atoms with Gasteiger partial charge in [0.1, 0.15) is 17.8 Å². The first-order chi connectivity index (χ1) is 17.2. The van der Waals surface area contributed by atoms with Crippen LogP contribution in [0.4, 0.5) is 4.39 Å². The van der Waals surface area contributed by atoms with E-state index < -0.39 is 11.7 Å². The van der Waals surface area contributed by atoms with Crippen molar-refractivity contribution < 1.29 is 18.7 Å². The van der Waals surface area contributed by atoms with E-state index in [2.05, 4.69) is 15.3 Å². The number of benzene rings is 1. The number of hydrogen-bond donors (Lipinski definition) is 2. The molecule has 8 nitrogen and oxygen atoms in total. The Balaban J connectivity index is 1.79. The smallest absolute Gasteiger partial charge is 0.268 e. The molecule has 0 atom stereocenters. The van der Waals surface area contributed by atoms with Gasteiger partial charge in [-0.3, -0.25) is 14.0 Å². The number of amides is 1. The van der Waals surface area contributed by atoms with Gasteiger partial charge in [-0.2, -0.15) is 0 Å². The molecule has 0 aliphatic carbocycles. The molecule has 0 fully saturated rings. The van der Waals surface area contributed by atoms with Crippen LogP contribution in [0.15, 0.2) is 47.5 Å². The average molecular weight is 493 g/mol. The van der Waals surface area contributed by atoms with Crippen LogP contribution in [0.25, 0.3) is 16.6 Å². The van der Waals surface area contributed by atoms with Crippen LogP contribution in [0, 0.1) is 12.7 Å². The number of ether oxygens (including phenoxy) is 2. The molecule has 0 bridgehead atoms. The molecule has 0 aliphatic heterocycles. The highest BCUT2D eigenvalue weighted by molar-refractivity contribution is 5.95. The Hall–Kier alpha value is -4.14. The first-order valence-corrected chi connectivity index (χ1v) is 11.7. The SMILES string of the molecule is CCOc1cc(C)[nH]c(=O)c1CNC(=O)c1cc(-c2cccc(OC)c2F)cc2c(C(C)C)ncn12. The molecule has 2 N–H and O–H groups in total. The maximum Gasteiger partial charge on any atom is 0.268 e. The number of H-pyrrole nitrogens is 1. The first kappa shape index (κ1) is 25.0. The van der Waals surface area contributed by atoms with Gasteiger partial charge in [-0.15, -0.1) is 0 Å². The van der Waals surface area contributed by atoms with Gasteiger partial charge in [0.25, 0.3) is 11.5 Å². The molecule has 4 rings (SSSR count). The Morgan fingerprint density at radius 1 is 1.22 bits per heavy atom. The fraction of sp³-hybridized carbons (Fsp3) is 0.296. The topological polar surface area (TPSA) is 97.7 Å². The minimum atomic E-state index is -0.520. The highest BCUT2D eigenvalue weighted by Gasteiger charge is 2.20. The number of rotatable bonds is 8. The van der Waals surface area contributed by atoms with E-state index >= 15 is 4.39 Å². The molecule has 0 aliphatic rings. The van der Waals surface area contributed by atoms with Crippen molar-refractivity contribution in [1.82, 2.24) is 19.7 Å². The number of halogens is 1. The van der Waals surface area contributed by atoms with E-state index in [-0.39, 0.29) is 29.5 Å². The monoisotopic (exact) mass is 492 g/mol.